The highest BCUT2D eigenvalue weighted by Crippen LogP contribution is 2.35. The van der Waals surface area contributed by atoms with E-state index in [1.54, 1.807) is 24.3 Å². The number of alkyl halides is 6. The Hall–Kier alpha value is -4.10. The van der Waals surface area contributed by atoms with Crippen LogP contribution in [-0.2, 0) is 25.7 Å². The van der Waals surface area contributed by atoms with Gasteiger partial charge in [0, 0.05) is 62.1 Å². The summed E-state index contributed by atoms with van der Waals surface area (Å²) in [4.78, 5) is 23.2. The summed E-state index contributed by atoms with van der Waals surface area (Å²) in [7, 11) is 0. The van der Waals surface area contributed by atoms with Crippen LogP contribution in [0.2, 0.25) is 5.15 Å². The largest absolute Gasteiger partial charge is 0.573 e. The lowest BCUT2D eigenvalue weighted by Crippen LogP contribution is -2.34. The lowest BCUT2D eigenvalue weighted by molar-refractivity contribution is -0.274. The van der Waals surface area contributed by atoms with Crippen molar-refractivity contribution in [1.82, 2.24) is 24.8 Å². The Bertz CT molecular complexity index is 1630. The Labute approximate surface area is 240 Å². The fraction of sp³-hybridized carbons (Fsp3) is 0.250. The number of carbonyl (C=O) groups is 1. The third kappa shape index (κ3) is 6.85. The predicted octanol–water partition coefficient (Wildman–Crippen LogP) is 6.83. The molecule has 1 amide bonds. The van der Waals surface area contributed by atoms with E-state index in [0.29, 0.717) is 48.4 Å². The monoisotopic (exact) mass is 609 g/mol. The van der Waals surface area contributed by atoms with Gasteiger partial charge in [0.2, 0.25) is 0 Å². The van der Waals surface area contributed by atoms with E-state index in [1.165, 1.54) is 35.0 Å². The summed E-state index contributed by atoms with van der Waals surface area (Å²) >= 11 is 5.92. The highest BCUT2D eigenvalue weighted by molar-refractivity contribution is 6.29. The molecule has 42 heavy (non-hydrogen) atoms. The van der Waals surface area contributed by atoms with Gasteiger partial charge in [0.15, 0.2) is 0 Å². The lowest BCUT2D eigenvalue weighted by Gasteiger charge is -2.27. The topological polar surface area (TPSA) is 72.3 Å². The van der Waals surface area contributed by atoms with Crippen molar-refractivity contribution in [3.63, 3.8) is 0 Å². The summed E-state index contributed by atoms with van der Waals surface area (Å²) in [5.41, 5.74) is 1.91. The average Bonchev–Trinajstić information content (AvgIpc) is 3.23. The first-order valence-electron chi connectivity index (χ1n) is 12.6. The van der Waals surface area contributed by atoms with Crippen LogP contribution in [0.25, 0.3) is 17.0 Å². The number of amides is 1. The molecule has 0 bridgehead atoms. The van der Waals surface area contributed by atoms with Gasteiger partial charge in [-0.3, -0.25) is 14.5 Å². The van der Waals surface area contributed by atoms with E-state index in [4.69, 9.17) is 11.6 Å². The molecule has 0 radical (unpaired) electrons. The maximum absolute atomic E-state index is 13.4. The summed E-state index contributed by atoms with van der Waals surface area (Å²) < 4.78 is 82.6. The summed E-state index contributed by atoms with van der Waals surface area (Å²) in [5.74, 6) is -0.455. The zero-order valence-electron chi connectivity index (χ0n) is 21.6. The van der Waals surface area contributed by atoms with Crippen LogP contribution in [-0.4, -0.2) is 44.9 Å². The molecule has 0 spiro atoms. The van der Waals surface area contributed by atoms with E-state index in [-0.39, 0.29) is 17.2 Å². The van der Waals surface area contributed by atoms with Crippen LogP contribution < -0.4 is 10.1 Å². The number of carbonyl (C=O) groups excluding carboxylic acids is 1. The van der Waals surface area contributed by atoms with E-state index in [2.05, 4.69) is 20.0 Å². The molecule has 4 aromatic rings. The van der Waals surface area contributed by atoms with Gasteiger partial charge in [0.05, 0.1) is 16.8 Å². The highest BCUT2D eigenvalue weighted by Gasteiger charge is 2.33. The van der Waals surface area contributed by atoms with Crippen molar-refractivity contribution in [1.29, 1.82) is 0 Å². The molecule has 0 saturated heterocycles. The number of halogens is 7. The van der Waals surface area contributed by atoms with E-state index in [1.807, 2.05) is 4.90 Å². The molecule has 0 fully saturated rings. The van der Waals surface area contributed by atoms with E-state index >= 15 is 0 Å². The Balaban J connectivity index is 1.38. The smallest absolute Gasteiger partial charge is 0.406 e. The van der Waals surface area contributed by atoms with E-state index < -0.39 is 29.9 Å². The molecule has 0 aliphatic carbocycles. The third-order valence-corrected chi connectivity index (χ3v) is 6.84. The van der Waals surface area contributed by atoms with Crippen molar-refractivity contribution in [3.05, 3.63) is 94.2 Å². The molecule has 1 aliphatic rings. The minimum absolute atomic E-state index is 0.114. The maximum Gasteiger partial charge on any atom is 0.573 e. The van der Waals surface area contributed by atoms with Crippen LogP contribution in [0, 0.1) is 0 Å². The first-order valence-corrected chi connectivity index (χ1v) is 13.0. The van der Waals surface area contributed by atoms with E-state index in [0.717, 1.165) is 17.8 Å². The lowest BCUT2D eigenvalue weighted by atomic mass is 10.0. The maximum atomic E-state index is 13.4. The molecular formula is C28H22ClF6N5O2. The van der Waals surface area contributed by atoms with Crippen LogP contribution in [0.5, 0.6) is 5.75 Å². The Morgan fingerprint density at radius 2 is 1.88 bits per heavy atom. The normalized spacial score (nSPS) is 14.4. The van der Waals surface area contributed by atoms with Gasteiger partial charge in [-0.15, -0.1) is 13.2 Å². The molecule has 1 N–H and O–H groups in total. The van der Waals surface area contributed by atoms with Crippen LogP contribution in [0.3, 0.4) is 0 Å². The van der Waals surface area contributed by atoms with Crippen LogP contribution >= 0.6 is 11.6 Å². The molecule has 7 nitrogen and oxygen atoms in total. The second kappa shape index (κ2) is 11.6. The molecule has 4 heterocycles. The number of hydrogen-bond acceptors (Lipinski definition) is 5. The van der Waals surface area contributed by atoms with Gasteiger partial charge in [0.1, 0.15) is 10.9 Å². The molecule has 1 aliphatic heterocycles. The second-order valence-electron chi connectivity index (χ2n) is 9.49. The number of hydrogen-bond donors (Lipinski definition) is 1. The van der Waals surface area contributed by atoms with Gasteiger partial charge in [0.25, 0.3) is 0 Å². The fourth-order valence-corrected chi connectivity index (χ4v) is 4.98. The molecule has 3 aromatic heterocycles. The number of aromatic nitrogens is 3. The van der Waals surface area contributed by atoms with Gasteiger partial charge in [-0.05, 0) is 53.6 Å². The standard InChI is InChI=1S/C28H22ClF6N5O2/c29-25-12-17(7-9-36-25)14-38-26(41)40-23-8-11-39(10-1-2-19-4-3-18(15-37-19)27(30,31)32)16-22(23)21-6-5-20(13-24(21)40)42-28(33,34)35/h1-7,9,12-13,15H,8,10-11,14,16H2,(H,38,41)/b2-1+. The molecule has 1 aromatic carbocycles. The zero-order chi connectivity index (χ0) is 30.1. The number of nitrogens with one attached hydrogen (secondary N) is 1. The summed E-state index contributed by atoms with van der Waals surface area (Å²) in [5, 5.41) is 3.64. The van der Waals surface area contributed by atoms with Crippen LogP contribution in [0.1, 0.15) is 28.1 Å². The molecule has 0 unspecified atom stereocenters. The molecule has 0 atom stereocenters. The number of benzene rings is 1. The van der Waals surface area contributed by atoms with E-state index in [9.17, 15) is 31.1 Å². The first kappa shape index (κ1) is 29.4. The third-order valence-electron chi connectivity index (χ3n) is 6.64. The van der Waals surface area contributed by atoms with Crippen molar-refractivity contribution in [2.45, 2.75) is 32.0 Å². The first-order chi connectivity index (χ1) is 19.9. The fourth-order valence-electron chi connectivity index (χ4n) is 4.78. The number of pyridine rings is 2. The average molecular weight is 610 g/mol. The van der Waals surface area contributed by atoms with Gasteiger partial charge in [-0.2, -0.15) is 13.2 Å². The van der Waals surface area contributed by atoms with Gasteiger partial charge in [-0.25, -0.2) is 9.78 Å². The number of ether oxygens (including phenoxy) is 1. The van der Waals surface area contributed by atoms with Crippen molar-refractivity contribution in [3.8, 4) is 5.75 Å². The number of rotatable bonds is 6. The Morgan fingerprint density at radius 1 is 1.07 bits per heavy atom. The molecular weight excluding hydrogens is 588 g/mol. The molecule has 5 rings (SSSR count). The summed E-state index contributed by atoms with van der Waals surface area (Å²) in [6.07, 6.45) is -3.32. The highest BCUT2D eigenvalue weighted by atomic mass is 35.5. The van der Waals surface area contributed by atoms with Crippen molar-refractivity contribution < 1.29 is 35.9 Å². The quantitative estimate of drug-likeness (QED) is 0.192. The Kier molecular flexibility index (Phi) is 8.15. The van der Waals surface area contributed by atoms with Crippen LogP contribution in [0.4, 0.5) is 31.1 Å². The molecule has 220 valence electrons. The Morgan fingerprint density at radius 3 is 2.57 bits per heavy atom. The van der Waals surface area contributed by atoms with Crippen LogP contribution in [0.15, 0.2) is 60.9 Å². The molecule has 14 heteroatoms. The summed E-state index contributed by atoms with van der Waals surface area (Å²) in [6, 6.07) is 8.85. The predicted molar refractivity (Wildman–Crippen MR) is 143 cm³/mol. The zero-order valence-corrected chi connectivity index (χ0v) is 22.4. The van der Waals surface area contributed by atoms with Gasteiger partial charge in [-0.1, -0.05) is 17.7 Å². The minimum atomic E-state index is -4.90. The van der Waals surface area contributed by atoms with Gasteiger partial charge < -0.3 is 10.1 Å². The number of fused-ring (bicyclic) bond motifs is 3. The van der Waals surface area contributed by atoms with Crippen molar-refractivity contribution in [2.24, 2.45) is 0 Å². The van der Waals surface area contributed by atoms with Crippen molar-refractivity contribution >= 4 is 34.6 Å². The second-order valence-corrected chi connectivity index (χ2v) is 9.88. The van der Waals surface area contributed by atoms with Crippen molar-refractivity contribution in [2.75, 3.05) is 13.1 Å². The van der Waals surface area contributed by atoms with Gasteiger partial charge >= 0.3 is 18.6 Å². The SMILES string of the molecule is O=C(NCc1ccnc(Cl)c1)n1c2c(c3ccc(OC(F)(F)F)cc31)CN(C/C=C/c1ccc(C(F)(F)F)cn1)CC2. The summed E-state index contributed by atoms with van der Waals surface area (Å²) in [6.45, 7) is 1.45. The molecule has 0 saturated carbocycles. The minimum Gasteiger partial charge on any atom is -0.406 e. The number of nitrogens with zero attached hydrogens (tertiary/aromatic N) is 4.